The molecule has 0 saturated heterocycles. The molecule has 1 aromatic carbocycles. The van der Waals surface area contributed by atoms with Gasteiger partial charge in [0.2, 0.25) is 0 Å². The monoisotopic (exact) mass is 367 g/mol. The molecule has 0 aliphatic heterocycles. The van der Waals surface area contributed by atoms with Crippen molar-refractivity contribution in [2.45, 2.75) is 43.2 Å². The second kappa shape index (κ2) is 6.60. The van der Waals surface area contributed by atoms with Gasteiger partial charge in [-0.3, -0.25) is 0 Å². The molecule has 1 fully saturated rings. The van der Waals surface area contributed by atoms with Crippen molar-refractivity contribution in [1.82, 2.24) is 0 Å². The lowest BCUT2D eigenvalue weighted by molar-refractivity contribution is -0.137. The summed E-state index contributed by atoms with van der Waals surface area (Å²) in [4.78, 5) is 0. The van der Waals surface area contributed by atoms with E-state index in [9.17, 15) is 13.2 Å². The minimum absolute atomic E-state index is 0.106. The van der Waals surface area contributed by atoms with Crippen LogP contribution >= 0.6 is 27.7 Å². The van der Waals surface area contributed by atoms with Crippen molar-refractivity contribution in [2.24, 2.45) is 0 Å². The molecule has 2 atom stereocenters. The van der Waals surface area contributed by atoms with Crippen molar-refractivity contribution in [3.8, 4) is 0 Å². The predicted octanol–water partition coefficient (Wildman–Crippen LogP) is 5.55. The van der Waals surface area contributed by atoms with Gasteiger partial charge in [-0.2, -0.15) is 24.9 Å². The van der Waals surface area contributed by atoms with Crippen LogP contribution in [-0.4, -0.2) is 17.5 Å². The van der Waals surface area contributed by atoms with Gasteiger partial charge in [0.25, 0.3) is 0 Å². The van der Waals surface area contributed by atoms with Crippen LogP contribution in [0.25, 0.3) is 0 Å². The summed E-state index contributed by atoms with van der Waals surface area (Å²) in [6.07, 6.45) is 1.92. The summed E-state index contributed by atoms with van der Waals surface area (Å²) in [7, 11) is 0. The SMILES string of the molecule is CSC1CCCCC1Nc1cc(Br)ccc1C(F)(F)F. The maximum atomic E-state index is 13.1. The first-order chi connectivity index (χ1) is 9.41. The summed E-state index contributed by atoms with van der Waals surface area (Å²) >= 11 is 4.98. The Balaban J connectivity index is 2.25. The van der Waals surface area contributed by atoms with Gasteiger partial charge >= 0.3 is 6.18 Å². The molecule has 1 nitrogen and oxygen atoms in total. The van der Waals surface area contributed by atoms with Gasteiger partial charge in [-0.05, 0) is 37.3 Å². The van der Waals surface area contributed by atoms with Crippen molar-refractivity contribution in [1.29, 1.82) is 0 Å². The molecule has 1 aliphatic rings. The molecule has 112 valence electrons. The lowest BCUT2D eigenvalue weighted by Gasteiger charge is -2.32. The second-order valence-electron chi connectivity index (χ2n) is 5.00. The van der Waals surface area contributed by atoms with Gasteiger partial charge in [0.15, 0.2) is 0 Å². The molecule has 0 amide bonds. The Kier molecular flexibility index (Phi) is 5.29. The topological polar surface area (TPSA) is 12.0 Å². The van der Waals surface area contributed by atoms with Crippen LogP contribution in [0.1, 0.15) is 31.2 Å². The average Bonchev–Trinajstić information content (AvgIpc) is 2.38. The van der Waals surface area contributed by atoms with E-state index in [-0.39, 0.29) is 11.7 Å². The molecular weight excluding hydrogens is 351 g/mol. The van der Waals surface area contributed by atoms with Crippen LogP contribution in [0, 0.1) is 0 Å². The Morgan fingerprint density at radius 1 is 1.25 bits per heavy atom. The largest absolute Gasteiger partial charge is 0.418 e. The molecule has 0 heterocycles. The molecule has 20 heavy (non-hydrogen) atoms. The van der Waals surface area contributed by atoms with Gasteiger partial charge in [-0.15, -0.1) is 0 Å². The number of thioether (sulfide) groups is 1. The third-order valence-corrected chi connectivity index (χ3v) is 5.30. The number of alkyl halides is 3. The maximum Gasteiger partial charge on any atom is 0.418 e. The van der Waals surface area contributed by atoms with E-state index < -0.39 is 11.7 Å². The highest BCUT2D eigenvalue weighted by molar-refractivity contribution is 9.10. The Hall–Kier alpha value is -0.360. The highest BCUT2D eigenvalue weighted by Gasteiger charge is 2.35. The van der Waals surface area contributed by atoms with Gasteiger partial charge in [0.1, 0.15) is 0 Å². The zero-order chi connectivity index (χ0) is 14.8. The number of hydrogen-bond donors (Lipinski definition) is 1. The van der Waals surface area contributed by atoms with Crippen LogP contribution < -0.4 is 5.32 Å². The van der Waals surface area contributed by atoms with Crippen LogP contribution in [-0.2, 0) is 6.18 Å². The van der Waals surface area contributed by atoms with Crippen LogP contribution in [0.3, 0.4) is 0 Å². The number of rotatable bonds is 3. The first-order valence-electron chi connectivity index (χ1n) is 6.58. The standard InChI is InChI=1S/C14H17BrF3NS/c1-20-13-5-3-2-4-11(13)19-12-8-9(15)6-7-10(12)14(16,17)18/h6-8,11,13,19H,2-5H2,1H3. The maximum absolute atomic E-state index is 13.1. The van der Waals surface area contributed by atoms with E-state index in [0.717, 1.165) is 31.7 Å². The number of hydrogen-bond acceptors (Lipinski definition) is 2. The summed E-state index contributed by atoms with van der Waals surface area (Å²) in [6, 6.07) is 4.19. The summed E-state index contributed by atoms with van der Waals surface area (Å²) in [6.45, 7) is 0. The second-order valence-corrected chi connectivity index (χ2v) is 6.99. The first kappa shape index (κ1) is 16.0. The van der Waals surface area contributed by atoms with Crippen molar-refractivity contribution >= 4 is 33.4 Å². The molecule has 0 spiro atoms. The van der Waals surface area contributed by atoms with E-state index in [1.54, 1.807) is 11.8 Å². The Morgan fingerprint density at radius 3 is 2.60 bits per heavy atom. The molecule has 1 aromatic rings. The van der Waals surface area contributed by atoms with Crippen molar-refractivity contribution < 1.29 is 13.2 Å². The van der Waals surface area contributed by atoms with Crippen molar-refractivity contribution in [3.05, 3.63) is 28.2 Å². The van der Waals surface area contributed by atoms with E-state index in [2.05, 4.69) is 21.2 Å². The summed E-state index contributed by atoms with van der Waals surface area (Å²) in [5.41, 5.74) is -0.413. The van der Waals surface area contributed by atoms with Crippen molar-refractivity contribution in [2.75, 3.05) is 11.6 Å². The van der Waals surface area contributed by atoms with Crippen molar-refractivity contribution in [3.63, 3.8) is 0 Å². The van der Waals surface area contributed by atoms with Gasteiger partial charge in [0, 0.05) is 21.5 Å². The lowest BCUT2D eigenvalue weighted by atomic mass is 9.94. The molecule has 6 heteroatoms. The molecule has 1 aliphatic carbocycles. The Labute approximate surface area is 129 Å². The van der Waals surface area contributed by atoms with Gasteiger partial charge < -0.3 is 5.32 Å². The van der Waals surface area contributed by atoms with E-state index in [0.29, 0.717) is 9.72 Å². The Morgan fingerprint density at radius 2 is 1.95 bits per heavy atom. The van der Waals surface area contributed by atoms with Crippen LogP contribution in [0.15, 0.2) is 22.7 Å². The summed E-state index contributed by atoms with van der Waals surface area (Å²) in [5, 5.41) is 3.51. The van der Waals surface area contributed by atoms with E-state index in [1.165, 1.54) is 12.1 Å². The van der Waals surface area contributed by atoms with Crippen LogP contribution in [0.4, 0.5) is 18.9 Å². The summed E-state index contributed by atoms with van der Waals surface area (Å²) < 4.78 is 39.8. The first-order valence-corrected chi connectivity index (χ1v) is 8.66. The lowest BCUT2D eigenvalue weighted by Crippen LogP contribution is -2.35. The van der Waals surface area contributed by atoms with E-state index >= 15 is 0 Å². The van der Waals surface area contributed by atoms with E-state index in [4.69, 9.17) is 0 Å². The van der Waals surface area contributed by atoms with Crippen LogP contribution in [0.2, 0.25) is 0 Å². The quantitative estimate of drug-likeness (QED) is 0.750. The fourth-order valence-corrected chi connectivity index (χ4v) is 3.92. The molecular formula is C14H17BrF3NS. The highest BCUT2D eigenvalue weighted by atomic mass is 79.9. The molecule has 0 bridgehead atoms. The minimum Gasteiger partial charge on any atom is -0.381 e. The fraction of sp³-hybridized carbons (Fsp3) is 0.571. The zero-order valence-electron chi connectivity index (χ0n) is 11.1. The zero-order valence-corrected chi connectivity index (χ0v) is 13.5. The Bertz CT molecular complexity index is 464. The number of anilines is 1. The third-order valence-electron chi connectivity index (χ3n) is 3.63. The summed E-state index contributed by atoms with van der Waals surface area (Å²) in [5.74, 6) is 0. The third kappa shape index (κ3) is 3.85. The number of nitrogens with one attached hydrogen (secondary N) is 1. The van der Waals surface area contributed by atoms with E-state index in [1.807, 2.05) is 6.26 Å². The minimum atomic E-state index is -4.33. The van der Waals surface area contributed by atoms with Gasteiger partial charge in [-0.25, -0.2) is 0 Å². The number of benzene rings is 1. The van der Waals surface area contributed by atoms with Crippen LogP contribution in [0.5, 0.6) is 0 Å². The van der Waals surface area contributed by atoms with Gasteiger partial charge in [-0.1, -0.05) is 28.8 Å². The molecule has 1 N–H and O–H groups in total. The fourth-order valence-electron chi connectivity index (χ4n) is 2.63. The molecule has 0 radical (unpaired) electrons. The molecule has 2 rings (SSSR count). The molecule has 1 saturated carbocycles. The predicted molar refractivity (Wildman–Crippen MR) is 82.3 cm³/mol. The normalized spacial score (nSPS) is 23.6. The molecule has 0 aromatic heterocycles. The average molecular weight is 368 g/mol. The number of halogens is 4. The highest BCUT2D eigenvalue weighted by Crippen LogP contribution is 2.38. The van der Waals surface area contributed by atoms with Gasteiger partial charge in [0.05, 0.1) is 5.56 Å². The smallest absolute Gasteiger partial charge is 0.381 e. The molecule has 2 unspecified atom stereocenters.